The van der Waals surface area contributed by atoms with E-state index in [1.807, 2.05) is 0 Å². The summed E-state index contributed by atoms with van der Waals surface area (Å²) in [4.78, 5) is 0. The summed E-state index contributed by atoms with van der Waals surface area (Å²) < 4.78 is 0. The first-order valence-corrected chi connectivity index (χ1v) is 11.6. The Morgan fingerprint density at radius 3 is 1.74 bits per heavy atom. The first-order chi connectivity index (χ1) is 12.7. The van der Waals surface area contributed by atoms with Crippen molar-refractivity contribution >= 4 is 0 Å². The number of hydrogen-bond acceptors (Lipinski definition) is 1. The molecular formula is C26H46O. The van der Waals surface area contributed by atoms with Gasteiger partial charge in [-0.05, 0) is 46.8 Å². The monoisotopic (exact) mass is 374 g/mol. The first kappa shape index (κ1) is 24.1. The van der Waals surface area contributed by atoms with Crippen LogP contribution in [0.4, 0.5) is 0 Å². The summed E-state index contributed by atoms with van der Waals surface area (Å²) >= 11 is 0. The van der Waals surface area contributed by atoms with Crippen molar-refractivity contribution in [2.24, 2.45) is 0 Å². The zero-order valence-corrected chi connectivity index (χ0v) is 19.3. The third kappa shape index (κ3) is 7.88. The quantitative estimate of drug-likeness (QED) is 0.362. The minimum absolute atomic E-state index is 0.114. The van der Waals surface area contributed by atoms with Crippen LogP contribution in [0.2, 0.25) is 0 Å². The number of rotatable bonds is 12. The Bertz CT molecular complexity index is 538. The summed E-state index contributed by atoms with van der Waals surface area (Å²) in [5.41, 5.74) is 3.78. The van der Waals surface area contributed by atoms with E-state index in [1.165, 1.54) is 68.9 Å². The molecule has 1 nitrogen and oxygen atoms in total. The lowest BCUT2D eigenvalue weighted by molar-refractivity contribution is 0.443. The highest BCUT2D eigenvalue weighted by molar-refractivity contribution is 5.48. The Morgan fingerprint density at radius 2 is 1.26 bits per heavy atom. The molecule has 1 heteroatoms. The van der Waals surface area contributed by atoms with Gasteiger partial charge in [0, 0.05) is 0 Å². The summed E-state index contributed by atoms with van der Waals surface area (Å²) in [5, 5.41) is 11.0. The molecule has 0 heterocycles. The van der Waals surface area contributed by atoms with Gasteiger partial charge in [-0.1, -0.05) is 112 Å². The van der Waals surface area contributed by atoms with Gasteiger partial charge in [0.15, 0.2) is 0 Å². The topological polar surface area (TPSA) is 20.2 Å². The van der Waals surface area contributed by atoms with E-state index in [2.05, 4.69) is 60.6 Å². The molecule has 0 aliphatic carbocycles. The van der Waals surface area contributed by atoms with Crippen LogP contribution in [0.3, 0.4) is 0 Å². The highest BCUT2D eigenvalue weighted by atomic mass is 16.3. The molecule has 0 spiro atoms. The van der Waals surface area contributed by atoms with Crippen molar-refractivity contribution in [3.05, 3.63) is 28.8 Å². The van der Waals surface area contributed by atoms with Gasteiger partial charge in [-0.15, -0.1) is 0 Å². The summed E-state index contributed by atoms with van der Waals surface area (Å²) in [7, 11) is 0. The van der Waals surface area contributed by atoms with E-state index in [4.69, 9.17) is 0 Å². The lowest BCUT2D eigenvalue weighted by atomic mass is 9.80. The van der Waals surface area contributed by atoms with E-state index in [9.17, 15) is 5.11 Å². The van der Waals surface area contributed by atoms with Crippen LogP contribution in [0.1, 0.15) is 141 Å². The first-order valence-electron chi connectivity index (χ1n) is 11.6. The van der Waals surface area contributed by atoms with Crippen LogP contribution < -0.4 is 0 Å². The molecule has 1 aromatic carbocycles. The van der Waals surface area contributed by atoms with Crippen molar-refractivity contribution < 1.29 is 5.11 Å². The van der Waals surface area contributed by atoms with Crippen molar-refractivity contribution in [3.63, 3.8) is 0 Å². The molecule has 156 valence electrons. The maximum atomic E-state index is 11.0. The van der Waals surface area contributed by atoms with Crippen LogP contribution in [0, 0.1) is 0 Å². The third-order valence-electron chi connectivity index (χ3n) is 6.20. The average Bonchev–Trinajstić information content (AvgIpc) is 2.62. The molecule has 0 aromatic heterocycles. The molecule has 2 unspecified atom stereocenters. The lowest BCUT2D eigenvalue weighted by Crippen LogP contribution is -2.13. The predicted octanol–water partition coefficient (Wildman–Crippen LogP) is 8.84. The molecule has 0 bridgehead atoms. The predicted molar refractivity (Wildman–Crippen MR) is 121 cm³/mol. The number of unbranched alkanes of at least 4 members (excludes halogenated alkanes) is 7. The lowest BCUT2D eigenvalue weighted by Gasteiger charge is -2.26. The van der Waals surface area contributed by atoms with E-state index in [0.717, 1.165) is 12.0 Å². The zero-order chi connectivity index (χ0) is 20.4. The van der Waals surface area contributed by atoms with Crippen LogP contribution in [0.25, 0.3) is 0 Å². The molecule has 0 saturated heterocycles. The van der Waals surface area contributed by atoms with Crippen molar-refractivity contribution in [1.82, 2.24) is 0 Å². The van der Waals surface area contributed by atoms with Crippen molar-refractivity contribution in [2.75, 3.05) is 0 Å². The minimum atomic E-state index is 0.114. The van der Waals surface area contributed by atoms with Gasteiger partial charge in [-0.25, -0.2) is 0 Å². The highest BCUT2D eigenvalue weighted by Gasteiger charge is 2.22. The summed E-state index contributed by atoms with van der Waals surface area (Å²) in [6.45, 7) is 15.8. The van der Waals surface area contributed by atoms with Crippen LogP contribution in [-0.4, -0.2) is 5.11 Å². The molecule has 0 amide bonds. The van der Waals surface area contributed by atoms with E-state index in [-0.39, 0.29) is 5.41 Å². The van der Waals surface area contributed by atoms with Gasteiger partial charge in [0.1, 0.15) is 5.75 Å². The largest absolute Gasteiger partial charge is 0.507 e. The molecule has 1 aromatic rings. The van der Waals surface area contributed by atoms with E-state index in [0.29, 0.717) is 17.6 Å². The van der Waals surface area contributed by atoms with Crippen molar-refractivity contribution in [2.45, 2.75) is 130 Å². The second-order valence-corrected chi connectivity index (χ2v) is 9.73. The van der Waals surface area contributed by atoms with Crippen molar-refractivity contribution in [3.8, 4) is 5.75 Å². The Labute approximate surface area is 170 Å². The molecule has 1 N–H and O–H groups in total. The fraction of sp³-hybridized carbons (Fsp3) is 0.769. The highest BCUT2D eigenvalue weighted by Crippen LogP contribution is 2.40. The summed E-state index contributed by atoms with van der Waals surface area (Å²) in [5.74, 6) is 1.39. The zero-order valence-electron chi connectivity index (χ0n) is 19.3. The van der Waals surface area contributed by atoms with E-state index >= 15 is 0 Å². The average molecular weight is 375 g/mol. The smallest absolute Gasteiger partial charge is 0.122 e. The molecule has 1 rings (SSSR count). The number of phenols is 1. The van der Waals surface area contributed by atoms with Crippen LogP contribution >= 0.6 is 0 Å². The summed E-state index contributed by atoms with van der Waals surface area (Å²) in [6, 6.07) is 4.52. The van der Waals surface area contributed by atoms with Gasteiger partial charge in [-0.3, -0.25) is 0 Å². The maximum Gasteiger partial charge on any atom is 0.122 e. The Balaban J connectivity index is 2.73. The maximum absolute atomic E-state index is 11.0. The Kier molecular flexibility index (Phi) is 10.5. The van der Waals surface area contributed by atoms with Crippen LogP contribution in [-0.2, 0) is 5.41 Å². The molecule has 27 heavy (non-hydrogen) atoms. The van der Waals surface area contributed by atoms with E-state index < -0.39 is 0 Å². The van der Waals surface area contributed by atoms with Gasteiger partial charge >= 0.3 is 0 Å². The molecule has 0 radical (unpaired) electrons. The Morgan fingerprint density at radius 1 is 0.778 bits per heavy atom. The van der Waals surface area contributed by atoms with Gasteiger partial charge in [0.05, 0.1) is 0 Å². The third-order valence-corrected chi connectivity index (χ3v) is 6.20. The molecule has 0 fully saturated rings. The minimum Gasteiger partial charge on any atom is -0.507 e. The van der Waals surface area contributed by atoms with E-state index in [1.54, 1.807) is 0 Å². The number of hydrogen-bond donors (Lipinski definition) is 1. The molecular weight excluding hydrogens is 328 g/mol. The molecule has 2 atom stereocenters. The molecule has 0 aliphatic rings. The normalized spacial score (nSPS) is 14.3. The second kappa shape index (κ2) is 11.8. The van der Waals surface area contributed by atoms with Gasteiger partial charge in [0.2, 0.25) is 0 Å². The number of phenolic OH excluding ortho intramolecular Hbond substituents is 1. The number of aromatic hydroxyl groups is 1. The SMILES string of the molecule is CCCCCCCCCCC(C)c1cc(C(C)(C)C)cc(C(C)CC)c1O. The van der Waals surface area contributed by atoms with Crippen molar-refractivity contribution in [1.29, 1.82) is 0 Å². The number of benzene rings is 1. The standard InChI is InChI=1S/C26H46O/c1-8-10-11-12-13-14-15-16-17-21(4)24-19-22(26(5,6)7)18-23(25(24)27)20(3)9-2/h18-21,27H,8-17H2,1-7H3. The van der Waals surface area contributed by atoms with Gasteiger partial charge < -0.3 is 5.11 Å². The Hall–Kier alpha value is -0.980. The molecule has 0 aliphatic heterocycles. The second-order valence-electron chi connectivity index (χ2n) is 9.73. The van der Waals surface area contributed by atoms with Crippen LogP contribution in [0.5, 0.6) is 5.75 Å². The fourth-order valence-electron chi connectivity index (χ4n) is 3.82. The molecule has 0 saturated carbocycles. The fourth-order valence-corrected chi connectivity index (χ4v) is 3.82. The van der Waals surface area contributed by atoms with Gasteiger partial charge in [-0.2, -0.15) is 0 Å². The van der Waals surface area contributed by atoms with Crippen LogP contribution in [0.15, 0.2) is 12.1 Å². The summed E-state index contributed by atoms with van der Waals surface area (Å²) in [6.07, 6.45) is 13.1. The van der Waals surface area contributed by atoms with Gasteiger partial charge in [0.25, 0.3) is 0 Å².